The van der Waals surface area contributed by atoms with Crippen molar-refractivity contribution in [3.63, 3.8) is 0 Å². The van der Waals surface area contributed by atoms with Crippen LogP contribution in [0.5, 0.6) is 11.5 Å². The first-order chi connectivity index (χ1) is 14.8. The molecule has 6 nitrogen and oxygen atoms in total. The highest BCUT2D eigenvalue weighted by Gasteiger charge is 2.20. The molecule has 5 rings (SSSR count). The summed E-state index contributed by atoms with van der Waals surface area (Å²) in [5.41, 5.74) is 3.79. The van der Waals surface area contributed by atoms with Crippen molar-refractivity contribution in [1.82, 2.24) is 9.78 Å². The predicted molar refractivity (Wildman–Crippen MR) is 114 cm³/mol. The summed E-state index contributed by atoms with van der Waals surface area (Å²) in [6.45, 7) is 0.773. The van der Waals surface area contributed by atoms with Crippen molar-refractivity contribution < 1.29 is 14.3 Å². The van der Waals surface area contributed by atoms with Gasteiger partial charge in [-0.05, 0) is 17.7 Å². The number of fused-ring (bicyclic) bond motifs is 1. The van der Waals surface area contributed by atoms with E-state index in [0.717, 1.165) is 11.1 Å². The van der Waals surface area contributed by atoms with Crippen LogP contribution in [0.1, 0.15) is 15.9 Å². The van der Waals surface area contributed by atoms with Crippen molar-refractivity contribution in [2.75, 3.05) is 12.1 Å². The van der Waals surface area contributed by atoms with Crippen molar-refractivity contribution in [1.29, 1.82) is 0 Å². The third kappa shape index (κ3) is 3.63. The van der Waals surface area contributed by atoms with E-state index in [1.807, 2.05) is 60.7 Å². The van der Waals surface area contributed by atoms with Gasteiger partial charge in [-0.15, -0.1) is 0 Å². The van der Waals surface area contributed by atoms with Crippen LogP contribution < -0.4 is 14.8 Å². The van der Waals surface area contributed by atoms with Crippen LogP contribution >= 0.6 is 0 Å². The van der Waals surface area contributed by atoms with E-state index in [1.54, 1.807) is 29.1 Å². The monoisotopic (exact) mass is 397 g/mol. The molecule has 0 bridgehead atoms. The van der Waals surface area contributed by atoms with Gasteiger partial charge in [-0.25, -0.2) is 0 Å². The average molecular weight is 397 g/mol. The van der Waals surface area contributed by atoms with E-state index in [0.29, 0.717) is 35.0 Å². The van der Waals surface area contributed by atoms with Gasteiger partial charge in [-0.2, -0.15) is 5.10 Å². The molecule has 0 saturated heterocycles. The Morgan fingerprint density at radius 1 is 0.933 bits per heavy atom. The summed E-state index contributed by atoms with van der Waals surface area (Å²) in [5.74, 6) is 1.07. The Morgan fingerprint density at radius 2 is 1.67 bits per heavy atom. The van der Waals surface area contributed by atoms with Gasteiger partial charge in [-0.3, -0.25) is 9.48 Å². The lowest BCUT2D eigenvalue weighted by atomic mass is 10.1. The summed E-state index contributed by atoms with van der Waals surface area (Å²) >= 11 is 0. The number of hydrogen-bond donors (Lipinski definition) is 1. The Hall–Kier alpha value is -4.06. The molecule has 30 heavy (non-hydrogen) atoms. The van der Waals surface area contributed by atoms with Crippen LogP contribution in [-0.2, 0) is 6.54 Å². The number of nitrogens with zero attached hydrogens (tertiary/aromatic N) is 2. The molecule has 4 aromatic rings. The van der Waals surface area contributed by atoms with Crippen molar-refractivity contribution in [2.45, 2.75) is 6.54 Å². The molecule has 1 N–H and O–H groups in total. The van der Waals surface area contributed by atoms with Gasteiger partial charge in [0.2, 0.25) is 6.79 Å². The first-order valence-corrected chi connectivity index (χ1v) is 9.64. The van der Waals surface area contributed by atoms with Gasteiger partial charge in [0, 0.05) is 23.5 Å². The largest absolute Gasteiger partial charge is 0.454 e. The second kappa shape index (κ2) is 7.75. The molecule has 6 heteroatoms. The predicted octanol–water partition coefficient (Wildman–Crippen LogP) is 4.58. The fourth-order valence-electron chi connectivity index (χ4n) is 3.42. The molecule has 0 spiro atoms. The zero-order chi connectivity index (χ0) is 20.3. The second-order valence-corrected chi connectivity index (χ2v) is 6.96. The van der Waals surface area contributed by atoms with Crippen LogP contribution in [0.4, 0.5) is 5.69 Å². The standard InChI is InChI=1S/C24H19N3O3/c28-24(25-19-11-12-21-22(13-19)30-16-29-21)20-15-27(14-17-7-3-1-4-8-17)26-23(20)18-9-5-2-6-10-18/h1-13,15H,14,16H2,(H,25,28). The molecule has 0 saturated carbocycles. The van der Waals surface area contributed by atoms with Crippen LogP contribution in [-0.4, -0.2) is 22.5 Å². The number of anilines is 1. The third-order valence-corrected chi connectivity index (χ3v) is 4.87. The number of amides is 1. The summed E-state index contributed by atoms with van der Waals surface area (Å²) in [6, 6.07) is 25.1. The van der Waals surface area contributed by atoms with Gasteiger partial charge in [0.05, 0.1) is 12.1 Å². The fourth-order valence-corrected chi connectivity index (χ4v) is 3.42. The van der Waals surface area contributed by atoms with Gasteiger partial charge >= 0.3 is 0 Å². The maximum Gasteiger partial charge on any atom is 0.259 e. The van der Waals surface area contributed by atoms with Crippen LogP contribution in [0.15, 0.2) is 85.1 Å². The molecule has 2 heterocycles. The Bertz CT molecular complexity index is 1190. The fraction of sp³-hybridized carbons (Fsp3) is 0.0833. The van der Waals surface area contributed by atoms with E-state index in [-0.39, 0.29) is 12.7 Å². The second-order valence-electron chi connectivity index (χ2n) is 6.96. The molecule has 0 aliphatic carbocycles. The van der Waals surface area contributed by atoms with Gasteiger partial charge in [0.25, 0.3) is 5.91 Å². The molecule has 0 atom stereocenters. The Balaban J connectivity index is 1.47. The molecule has 0 unspecified atom stereocenters. The quantitative estimate of drug-likeness (QED) is 0.535. The van der Waals surface area contributed by atoms with Crippen molar-refractivity contribution in [3.8, 4) is 22.8 Å². The van der Waals surface area contributed by atoms with E-state index in [2.05, 4.69) is 5.32 Å². The number of hydrogen-bond acceptors (Lipinski definition) is 4. The molecule has 1 amide bonds. The maximum absolute atomic E-state index is 13.1. The summed E-state index contributed by atoms with van der Waals surface area (Å²) in [4.78, 5) is 13.1. The zero-order valence-electron chi connectivity index (χ0n) is 16.1. The van der Waals surface area contributed by atoms with Crippen LogP contribution in [0.25, 0.3) is 11.3 Å². The van der Waals surface area contributed by atoms with Crippen molar-refractivity contribution in [3.05, 3.63) is 96.2 Å². The van der Waals surface area contributed by atoms with Crippen LogP contribution in [0.2, 0.25) is 0 Å². The minimum absolute atomic E-state index is 0.192. The number of nitrogens with one attached hydrogen (secondary N) is 1. The topological polar surface area (TPSA) is 65.4 Å². The van der Waals surface area contributed by atoms with E-state index < -0.39 is 0 Å². The van der Waals surface area contributed by atoms with Gasteiger partial charge in [0.15, 0.2) is 11.5 Å². The van der Waals surface area contributed by atoms with Crippen molar-refractivity contribution >= 4 is 11.6 Å². The molecule has 148 valence electrons. The van der Waals surface area contributed by atoms with E-state index in [4.69, 9.17) is 14.6 Å². The summed E-state index contributed by atoms with van der Waals surface area (Å²) < 4.78 is 12.5. The van der Waals surface area contributed by atoms with Crippen LogP contribution in [0, 0.1) is 0 Å². The van der Waals surface area contributed by atoms with Gasteiger partial charge < -0.3 is 14.8 Å². The molecule has 0 radical (unpaired) electrons. The molecule has 0 fully saturated rings. The van der Waals surface area contributed by atoms with Gasteiger partial charge in [-0.1, -0.05) is 60.7 Å². The lowest BCUT2D eigenvalue weighted by Gasteiger charge is -2.06. The maximum atomic E-state index is 13.1. The molecule has 1 aromatic heterocycles. The Kier molecular flexibility index (Phi) is 4.65. The van der Waals surface area contributed by atoms with E-state index in [1.165, 1.54) is 0 Å². The molecular formula is C24H19N3O3. The molecule has 1 aliphatic rings. The number of carbonyl (C=O) groups is 1. The number of carbonyl (C=O) groups excluding carboxylic acids is 1. The van der Waals surface area contributed by atoms with E-state index in [9.17, 15) is 4.79 Å². The highest BCUT2D eigenvalue weighted by molar-refractivity contribution is 6.08. The molecular weight excluding hydrogens is 378 g/mol. The minimum atomic E-state index is -0.230. The average Bonchev–Trinajstić information content (AvgIpc) is 3.42. The number of rotatable bonds is 5. The number of aromatic nitrogens is 2. The van der Waals surface area contributed by atoms with Crippen LogP contribution in [0.3, 0.4) is 0 Å². The normalized spacial score (nSPS) is 12.0. The highest BCUT2D eigenvalue weighted by Crippen LogP contribution is 2.34. The Morgan fingerprint density at radius 3 is 2.47 bits per heavy atom. The van der Waals surface area contributed by atoms with Gasteiger partial charge in [0.1, 0.15) is 5.69 Å². The summed E-state index contributed by atoms with van der Waals surface area (Å²) in [5, 5.41) is 7.65. The summed E-state index contributed by atoms with van der Waals surface area (Å²) in [6.07, 6.45) is 1.79. The van der Waals surface area contributed by atoms with E-state index >= 15 is 0 Å². The lowest BCUT2D eigenvalue weighted by molar-refractivity contribution is 0.102. The lowest BCUT2D eigenvalue weighted by Crippen LogP contribution is -2.12. The first-order valence-electron chi connectivity index (χ1n) is 9.64. The number of benzene rings is 3. The molecule has 1 aliphatic heterocycles. The number of ether oxygens (including phenoxy) is 2. The Labute approximate surface area is 173 Å². The SMILES string of the molecule is O=C(Nc1ccc2c(c1)OCO2)c1cn(Cc2ccccc2)nc1-c1ccccc1. The zero-order valence-corrected chi connectivity index (χ0v) is 16.1. The minimum Gasteiger partial charge on any atom is -0.454 e. The molecule has 3 aromatic carbocycles. The third-order valence-electron chi connectivity index (χ3n) is 4.87. The highest BCUT2D eigenvalue weighted by atomic mass is 16.7. The van der Waals surface area contributed by atoms with Crippen molar-refractivity contribution in [2.24, 2.45) is 0 Å². The first kappa shape index (κ1) is 18.0. The summed E-state index contributed by atoms with van der Waals surface area (Å²) in [7, 11) is 0. The smallest absolute Gasteiger partial charge is 0.259 e.